The highest BCUT2D eigenvalue weighted by Crippen LogP contribution is 2.22. The summed E-state index contributed by atoms with van der Waals surface area (Å²) in [5.74, 6) is 0.883. The van der Waals surface area contributed by atoms with Crippen molar-refractivity contribution in [2.75, 3.05) is 0 Å². The minimum atomic E-state index is 0.188. The third kappa shape index (κ3) is 3.03. The number of para-hydroxylation sites is 1. The number of nitrogens with zero attached hydrogens (tertiary/aromatic N) is 3. The smallest absolute Gasteiger partial charge is 0.155 e. The third-order valence-electron chi connectivity index (χ3n) is 2.95. The van der Waals surface area contributed by atoms with E-state index in [2.05, 4.69) is 26.0 Å². The van der Waals surface area contributed by atoms with E-state index in [9.17, 15) is 5.11 Å². The Morgan fingerprint density at radius 1 is 1.10 bits per heavy atom. The topological polar surface area (TPSA) is 50.4 Å². The van der Waals surface area contributed by atoms with Crippen molar-refractivity contribution in [2.45, 2.75) is 0 Å². The first-order chi connectivity index (χ1) is 10.2. The van der Waals surface area contributed by atoms with Gasteiger partial charge < -0.3 is 5.11 Å². The Kier molecular flexibility index (Phi) is 3.83. The highest BCUT2D eigenvalue weighted by atomic mass is 79.9. The molecule has 0 spiro atoms. The number of aromatic hydroxyl groups is 1. The van der Waals surface area contributed by atoms with Gasteiger partial charge in [0.25, 0.3) is 0 Å². The maximum absolute atomic E-state index is 9.82. The normalized spacial score (nSPS) is 11.1. The molecule has 0 bridgehead atoms. The molecule has 104 valence electrons. The van der Waals surface area contributed by atoms with Crippen LogP contribution in [0.1, 0.15) is 5.56 Å². The Labute approximate surface area is 130 Å². The van der Waals surface area contributed by atoms with Gasteiger partial charge in [0, 0.05) is 22.3 Å². The molecule has 0 radical (unpaired) electrons. The lowest BCUT2D eigenvalue weighted by molar-refractivity contribution is 0.474. The first-order valence-corrected chi connectivity index (χ1v) is 7.15. The van der Waals surface area contributed by atoms with Crippen molar-refractivity contribution in [1.82, 2.24) is 9.78 Å². The minimum absolute atomic E-state index is 0.188. The second-order valence-corrected chi connectivity index (χ2v) is 5.31. The number of hydrogen-bond acceptors (Lipinski definition) is 3. The van der Waals surface area contributed by atoms with Crippen molar-refractivity contribution >= 4 is 28.0 Å². The summed E-state index contributed by atoms with van der Waals surface area (Å²) in [5, 5.41) is 14.1. The van der Waals surface area contributed by atoms with Crippen molar-refractivity contribution < 1.29 is 5.11 Å². The van der Waals surface area contributed by atoms with Crippen LogP contribution in [-0.4, -0.2) is 21.1 Å². The predicted molar refractivity (Wildman–Crippen MR) is 86.6 cm³/mol. The molecule has 0 unspecified atom stereocenters. The maximum Gasteiger partial charge on any atom is 0.155 e. The number of hydrogen-bond donors (Lipinski definition) is 1. The molecule has 0 fully saturated rings. The zero-order chi connectivity index (χ0) is 14.7. The molecule has 5 heteroatoms. The fourth-order valence-corrected chi connectivity index (χ4v) is 2.31. The number of halogens is 1. The molecule has 3 rings (SSSR count). The van der Waals surface area contributed by atoms with E-state index < -0.39 is 0 Å². The van der Waals surface area contributed by atoms with Crippen LogP contribution in [-0.2, 0) is 0 Å². The Hall–Kier alpha value is -2.40. The lowest BCUT2D eigenvalue weighted by atomic mass is 10.2. The standard InChI is InChI=1S/C16H12BrN3O/c17-13-6-7-15(21)12(10-13)11-18-16-8-9-19-20(16)14-4-2-1-3-5-14/h1-11,21H/b18-11+. The monoisotopic (exact) mass is 341 g/mol. The highest BCUT2D eigenvalue weighted by Gasteiger charge is 2.03. The lowest BCUT2D eigenvalue weighted by Crippen LogP contribution is -1.95. The first-order valence-electron chi connectivity index (χ1n) is 6.36. The fourth-order valence-electron chi connectivity index (χ4n) is 1.93. The number of rotatable bonds is 3. The molecule has 3 aromatic rings. The number of aromatic nitrogens is 2. The minimum Gasteiger partial charge on any atom is -0.507 e. The van der Waals surface area contributed by atoms with Crippen molar-refractivity contribution in [3.63, 3.8) is 0 Å². The van der Waals surface area contributed by atoms with Crippen molar-refractivity contribution in [1.29, 1.82) is 0 Å². The van der Waals surface area contributed by atoms with Gasteiger partial charge in [0.2, 0.25) is 0 Å². The van der Waals surface area contributed by atoms with E-state index in [0.29, 0.717) is 11.4 Å². The van der Waals surface area contributed by atoms with Gasteiger partial charge >= 0.3 is 0 Å². The second-order valence-electron chi connectivity index (χ2n) is 4.40. The van der Waals surface area contributed by atoms with E-state index in [4.69, 9.17) is 0 Å². The van der Waals surface area contributed by atoms with Crippen LogP contribution in [0.25, 0.3) is 5.69 Å². The average molecular weight is 342 g/mol. The van der Waals surface area contributed by atoms with E-state index in [1.165, 1.54) is 0 Å². The third-order valence-corrected chi connectivity index (χ3v) is 3.44. The summed E-state index contributed by atoms with van der Waals surface area (Å²) in [6, 6.07) is 16.8. The molecule has 0 amide bonds. The maximum atomic E-state index is 9.82. The summed E-state index contributed by atoms with van der Waals surface area (Å²) in [5.41, 5.74) is 1.58. The van der Waals surface area contributed by atoms with Gasteiger partial charge in [-0.1, -0.05) is 34.1 Å². The van der Waals surface area contributed by atoms with E-state index in [0.717, 1.165) is 10.2 Å². The summed E-state index contributed by atoms with van der Waals surface area (Å²) in [6.07, 6.45) is 3.32. The largest absolute Gasteiger partial charge is 0.507 e. The number of phenolic OH excluding ortho intramolecular Hbond substituents is 1. The zero-order valence-electron chi connectivity index (χ0n) is 11.0. The molecule has 1 heterocycles. The second kappa shape index (κ2) is 5.93. The van der Waals surface area contributed by atoms with Crippen molar-refractivity contribution in [3.05, 3.63) is 70.8 Å². The fraction of sp³-hybridized carbons (Fsp3) is 0. The van der Waals surface area contributed by atoms with Crippen LogP contribution in [0.5, 0.6) is 5.75 Å². The molecule has 4 nitrogen and oxygen atoms in total. The van der Waals surface area contributed by atoms with E-state index >= 15 is 0 Å². The lowest BCUT2D eigenvalue weighted by Gasteiger charge is -2.03. The Bertz CT molecular complexity index is 781. The molecule has 0 aliphatic rings. The molecule has 0 saturated heterocycles. The van der Waals surface area contributed by atoms with Crippen LogP contribution < -0.4 is 0 Å². The molecule has 0 aliphatic heterocycles. The number of aliphatic imine (C=N–C) groups is 1. The van der Waals surface area contributed by atoms with Crippen LogP contribution in [0, 0.1) is 0 Å². The summed E-state index contributed by atoms with van der Waals surface area (Å²) in [7, 11) is 0. The van der Waals surface area contributed by atoms with Gasteiger partial charge in [-0.15, -0.1) is 0 Å². The Balaban J connectivity index is 1.94. The van der Waals surface area contributed by atoms with Crippen LogP contribution in [0.4, 0.5) is 5.82 Å². The number of benzene rings is 2. The van der Waals surface area contributed by atoms with E-state index in [-0.39, 0.29) is 5.75 Å². The summed E-state index contributed by atoms with van der Waals surface area (Å²) in [6.45, 7) is 0. The highest BCUT2D eigenvalue weighted by molar-refractivity contribution is 9.10. The molecule has 1 aromatic heterocycles. The van der Waals surface area contributed by atoms with Crippen LogP contribution in [0.2, 0.25) is 0 Å². The molecular formula is C16H12BrN3O. The van der Waals surface area contributed by atoms with Gasteiger partial charge in [-0.2, -0.15) is 5.10 Å². The van der Waals surface area contributed by atoms with E-state index in [1.807, 2.05) is 42.5 Å². The van der Waals surface area contributed by atoms with Gasteiger partial charge in [-0.3, -0.25) is 0 Å². The van der Waals surface area contributed by atoms with Gasteiger partial charge in [0.1, 0.15) is 5.75 Å². The summed E-state index contributed by atoms with van der Waals surface area (Å²) in [4.78, 5) is 4.41. The summed E-state index contributed by atoms with van der Waals surface area (Å²) >= 11 is 3.38. The van der Waals surface area contributed by atoms with Gasteiger partial charge in [0.15, 0.2) is 5.82 Å². The van der Waals surface area contributed by atoms with Gasteiger partial charge in [-0.25, -0.2) is 9.67 Å². The molecule has 1 N–H and O–H groups in total. The van der Waals surface area contributed by atoms with Crippen molar-refractivity contribution in [3.8, 4) is 11.4 Å². The molecule has 0 atom stereocenters. The van der Waals surface area contributed by atoms with Gasteiger partial charge in [-0.05, 0) is 30.3 Å². The van der Waals surface area contributed by atoms with Crippen LogP contribution in [0.3, 0.4) is 0 Å². The molecular weight excluding hydrogens is 330 g/mol. The molecule has 0 saturated carbocycles. The number of phenols is 1. The van der Waals surface area contributed by atoms with Crippen molar-refractivity contribution in [2.24, 2.45) is 4.99 Å². The zero-order valence-corrected chi connectivity index (χ0v) is 12.6. The molecule has 2 aromatic carbocycles. The van der Waals surface area contributed by atoms with Gasteiger partial charge in [0.05, 0.1) is 11.9 Å². The first kappa shape index (κ1) is 13.6. The Morgan fingerprint density at radius 3 is 2.71 bits per heavy atom. The van der Waals surface area contributed by atoms with Crippen LogP contribution in [0.15, 0.2) is 70.3 Å². The predicted octanol–water partition coefficient (Wildman–Crippen LogP) is 4.09. The SMILES string of the molecule is Oc1ccc(Br)cc1/C=N/c1ccnn1-c1ccccc1. The van der Waals surface area contributed by atoms with Crippen LogP contribution >= 0.6 is 15.9 Å². The molecule has 0 aliphatic carbocycles. The average Bonchev–Trinajstić information content (AvgIpc) is 2.97. The Morgan fingerprint density at radius 2 is 1.90 bits per heavy atom. The van der Waals surface area contributed by atoms with E-state index in [1.54, 1.807) is 29.2 Å². The summed E-state index contributed by atoms with van der Waals surface area (Å²) < 4.78 is 2.63. The quantitative estimate of drug-likeness (QED) is 0.729. The molecule has 21 heavy (non-hydrogen) atoms.